The Kier molecular flexibility index (Phi) is 5.20. The number of nitrogens with zero attached hydrogens (tertiary/aromatic N) is 1. The standard InChI is InChI=1S/C16H24N2O3/c1-16(15(19)20,18-11-9-17-10-12-18)8-7-13-3-5-14(21-2)6-4-13/h3-6,17H,7-12H2,1-2H3,(H,19,20). The molecule has 2 N–H and O–H groups in total. The van der Waals surface area contributed by atoms with Crippen molar-refractivity contribution in [1.29, 1.82) is 0 Å². The predicted molar refractivity (Wildman–Crippen MR) is 81.8 cm³/mol. The first kappa shape index (κ1) is 15.8. The number of carboxylic acid groups (broad SMARTS) is 1. The number of ether oxygens (including phenoxy) is 1. The number of aliphatic carboxylic acids is 1. The van der Waals surface area contributed by atoms with Gasteiger partial charge in [0.05, 0.1) is 7.11 Å². The van der Waals surface area contributed by atoms with Gasteiger partial charge in [0.15, 0.2) is 0 Å². The van der Waals surface area contributed by atoms with Crippen LogP contribution < -0.4 is 10.1 Å². The van der Waals surface area contributed by atoms with E-state index in [0.717, 1.165) is 43.9 Å². The highest BCUT2D eigenvalue weighted by Crippen LogP contribution is 2.24. The Bertz CT molecular complexity index is 469. The van der Waals surface area contributed by atoms with Gasteiger partial charge < -0.3 is 15.2 Å². The Morgan fingerprint density at radius 2 is 1.95 bits per heavy atom. The van der Waals surface area contributed by atoms with E-state index in [1.807, 2.05) is 31.2 Å². The molecule has 0 spiro atoms. The van der Waals surface area contributed by atoms with Crippen LogP contribution in [0, 0.1) is 0 Å². The van der Waals surface area contributed by atoms with E-state index in [9.17, 15) is 9.90 Å². The minimum Gasteiger partial charge on any atom is -0.497 e. The van der Waals surface area contributed by atoms with Gasteiger partial charge in [0, 0.05) is 26.2 Å². The molecule has 1 unspecified atom stereocenters. The fourth-order valence-corrected chi connectivity index (χ4v) is 2.74. The van der Waals surface area contributed by atoms with Crippen molar-refractivity contribution >= 4 is 5.97 Å². The smallest absolute Gasteiger partial charge is 0.323 e. The number of nitrogens with one attached hydrogen (secondary N) is 1. The van der Waals surface area contributed by atoms with Gasteiger partial charge in [-0.05, 0) is 37.5 Å². The summed E-state index contributed by atoms with van der Waals surface area (Å²) < 4.78 is 5.14. The van der Waals surface area contributed by atoms with Crippen LogP contribution >= 0.6 is 0 Å². The van der Waals surface area contributed by atoms with Gasteiger partial charge in [-0.3, -0.25) is 9.69 Å². The average Bonchev–Trinajstić information content (AvgIpc) is 2.53. The molecule has 0 aliphatic carbocycles. The Balaban J connectivity index is 2.03. The zero-order valence-electron chi connectivity index (χ0n) is 12.8. The molecule has 1 aliphatic heterocycles. The van der Waals surface area contributed by atoms with Crippen molar-refractivity contribution < 1.29 is 14.6 Å². The Hall–Kier alpha value is -1.59. The normalized spacial score (nSPS) is 19.0. The van der Waals surface area contributed by atoms with Crippen molar-refractivity contribution in [2.45, 2.75) is 25.3 Å². The molecule has 1 fully saturated rings. The van der Waals surface area contributed by atoms with Crippen molar-refractivity contribution in [2.24, 2.45) is 0 Å². The van der Waals surface area contributed by atoms with E-state index in [0.29, 0.717) is 6.42 Å². The molecule has 1 aromatic carbocycles. The molecule has 2 rings (SSSR count). The fraction of sp³-hybridized carbons (Fsp3) is 0.562. The van der Waals surface area contributed by atoms with Crippen molar-refractivity contribution in [3.63, 3.8) is 0 Å². The second kappa shape index (κ2) is 6.91. The summed E-state index contributed by atoms with van der Waals surface area (Å²) in [6.07, 6.45) is 1.35. The topological polar surface area (TPSA) is 61.8 Å². The molecule has 1 aromatic rings. The quantitative estimate of drug-likeness (QED) is 0.829. The minimum atomic E-state index is -0.804. The molecule has 5 nitrogen and oxygen atoms in total. The van der Waals surface area contributed by atoms with E-state index in [-0.39, 0.29) is 0 Å². The zero-order chi connectivity index (χ0) is 15.3. The summed E-state index contributed by atoms with van der Waals surface area (Å²) in [6.45, 7) is 5.11. The van der Waals surface area contributed by atoms with Gasteiger partial charge in [-0.15, -0.1) is 0 Å². The molecule has 1 atom stereocenters. The van der Waals surface area contributed by atoms with Gasteiger partial charge in [-0.2, -0.15) is 0 Å². The maximum absolute atomic E-state index is 11.8. The number of carboxylic acids is 1. The predicted octanol–water partition coefficient (Wildman–Crippen LogP) is 1.38. The number of rotatable bonds is 6. The van der Waals surface area contributed by atoms with Crippen molar-refractivity contribution in [1.82, 2.24) is 10.2 Å². The van der Waals surface area contributed by atoms with E-state index in [1.54, 1.807) is 7.11 Å². The maximum Gasteiger partial charge on any atom is 0.323 e. The summed E-state index contributed by atoms with van der Waals surface area (Å²) in [5, 5.41) is 12.9. The van der Waals surface area contributed by atoms with Crippen LogP contribution in [0.25, 0.3) is 0 Å². The summed E-state index contributed by atoms with van der Waals surface area (Å²) in [6, 6.07) is 7.83. The molecular weight excluding hydrogens is 268 g/mol. The molecule has 0 amide bonds. The number of aryl methyl sites for hydroxylation is 1. The van der Waals surface area contributed by atoms with Crippen LogP contribution in [0.2, 0.25) is 0 Å². The third-order valence-electron chi connectivity index (χ3n) is 4.34. The zero-order valence-corrected chi connectivity index (χ0v) is 12.8. The van der Waals surface area contributed by atoms with E-state index < -0.39 is 11.5 Å². The van der Waals surface area contributed by atoms with Crippen LogP contribution in [0.5, 0.6) is 5.75 Å². The van der Waals surface area contributed by atoms with Crippen LogP contribution in [0.1, 0.15) is 18.9 Å². The lowest BCUT2D eigenvalue weighted by Gasteiger charge is -2.40. The van der Waals surface area contributed by atoms with Crippen molar-refractivity contribution in [3.05, 3.63) is 29.8 Å². The first-order valence-electron chi connectivity index (χ1n) is 7.38. The van der Waals surface area contributed by atoms with E-state index >= 15 is 0 Å². The fourth-order valence-electron chi connectivity index (χ4n) is 2.74. The minimum absolute atomic E-state index is 0.606. The van der Waals surface area contributed by atoms with Gasteiger partial charge in [-0.25, -0.2) is 0 Å². The first-order valence-corrected chi connectivity index (χ1v) is 7.38. The van der Waals surface area contributed by atoms with Crippen molar-refractivity contribution in [3.8, 4) is 5.75 Å². The highest BCUT2D eigenvalue weighted by atomic mass is 16.5. The lowest BCUT2D eigenvalue weighted by Crippen LogP contribution is -2.58. The second-order valence-corrected chi connectivity index (χ2v) is 5.66. The largest absolute Gasteiger partial charge is 0.497 e. The van der Waals surface area contributed by atoms with E-state index in [2.05, 4.69) is 10.2 Å². The number of piperazine rings is 1. The third-order valence-corrected chi connectivity index (χ3v) is 4.34. The Morgan fingerprint density at radius 3 is 2.48 bits per heavy atom. The van der Waals surface area contributed by atoms with Crippen LogP contribution in [0.3, 0.4) is 0 Å². The molecule has 5 heteroatoms. The molecule has 0 bridgehead atoms. The summed E-state index contributed by atoms with van der Waals surface area (Å²) in [5.41, 5.74) is 0.334. The van der Waals surface area contributed by atoms with Crippen molar-refractivity contribution in [2.75, 3.05) is 33.3 Å². The first-order chi connectivity index (χ1) is 10.1. The highest BCUT2D eigenvalue weighted by molar-refractivity contribution is 5.78. The number of methoxy groups -OCH3 is 1. The molecule has 1 saturated heterocycles. The lowest BCUT2D eigenvalue weighted by atomic mass is 9.90. The molecular formula is C16H24N2O3. The molecule has 21 heavy (non-hydrogen) atoms. The molecule has 1 heterocycles. The molecule has 0 saturated carbocycles. The Morgan fingerprint density at radius 1 is 1.33 bits per heavy atom. The summed E-state index contributed by atoms with van der Waals surface area (Å²) in [5.74, 6) is 0.0831. The summed E-state index contributed by atoms with van der Waals surface area (Å²) >= 11 is 0. The number of benzene rings is 1. The number of hydrogen-bond acceptors (Lipinski definition) is 4. The summed E-state index contributed by atoms with van der Waals surface area (Å²) in [4.78, 5) is 13.8. The maximum atomic E-state index is 11.8. The lowest BCUT2D eigenvalue weighted by molar-refractivity contribution is -0.151. The molecule has 116 valence electrons. The van der Waals surface area contributed by atoms with Gasteiger partial charge in [0.2, 0.25) is 0 Å². The molecule has 1 aliphatic rings. The third kappa shape index (κ3) is 3.74. The van der Waals surface area contributed by atoms with E-state index in [4.69, 9.17) is 4.74 Å². The van der Waals surface area contributed by atoms with Gasteiger partial charge >= 0.3 is 5.97 Å². The summed E-state index contributed by atoms with van der Waals surface area (Å²) in [7, 11) is 1.64. The van der Waals surface area contributed by atoms with Crippen LogP contribution in [0.4, 0.5) is 0 Å². The SMILES string of the molecule is COc1ccc(CCC(C)(C(=O)O)N2CCNCC2)cc1. The average molecular weight is 292 g/mol. The van der Waals surface area contributed by atoms with E-state index in [1.165, 1.54) is 0 Å². The monoisotopic (exact) mass is 292 g/mol. The molecule has 0 radical (unpaired) electrons. The number of carbonyl (C=O) groups is 1. The van der Waals surface area contributed by atoms with Crippen LogP contribution in [-0.4, -0.2) is 54.8 Å². The highest BCUT2D eigenvalue weighted by Gasteiger charge is 2.39. The van der Waals surface area contributed by atoms with Crippen LogP contribution in [0.15, 0.2) is 24.3 Å². The Labute approximate surface area is 125 Å². The van der Waals surface area contributed by atoms with Gasteiger partial charge in [0.1, 0.15) is 11.3 Å². The second-order valence-electron chi connectivity index (χ2n) is 5.66. The van der Waals surface area contributed by atoms with Crippen LogP contribution in [-0.2, 0) is 11.2 Å². The number of hydrogen-bond donors (Lipinski definition) is 2. The van der Waals surface area contributed by atoms with Gasteiger partial charge in [-0.1, -0.05) is 12.1 Å². The van der Waals surface area contributed by atoms with Gasteiger partial charge in [0.25, 0.3) is 0 Å². The molecule has 0 aromatic heterocycles.